The molecule has 0 bridgehead atoms. The first kappa shape index (κ1) is 43.8. The Morgan fingerprint density at radius 1 is 0.903 bits per heavy atom. The van der Waals surface area contributed by atoms with E-state index in [9.17, 15) is 33.6 Å². The predicted molar refractivity (Wildman–Crippen MR) is 227 cm³/mol. The summed E-state index contributed by atoms with van der Waals surface area (Å²) in [4.78, 5) is 96.0. The van der Waals surface area contributed by atoms with Crippen LogP contribution in [0.5, 0.6) is 5.75 Å². The Hall–Kier alpha value is -6.27. The van der Waals surface area contributed by atoms with E-state index in [0.717, 1.165) is 58.9 Å². The van der Waals surface area contributed by atoms with Crippen molar-refractivity contribution in [1.82, 2.24) is 35.6 Å². The number of benzene rings is 2. The minimum atomic E-state index is -1.10. The highest BCUT2D eigenvalue weighted by Crippen LogP contribution is 2.40. The Morgan fingerprint density at radius 2 is 1.61 bits per heavy atom. The molecule has 2 aromatic carbocycles. The normalized spacial score (nSPS) is 16.8. The van der Waals surface area contributed by atoms with Crippen LogP contribution in [0.4, 0.5) is 0 Å². The van der Waals surface area contributed by atoms with Gasteiger partial charge in [0.2, 0.25) is 11.8 Å². The molecule has 4 aromatic rings. The number of ether oxygens (including phenoxy) is 2. The second kappa shape index (κ2) is 19.2. The molecule has 0 spiro atoms. The highest BCUT2D eigenvalue weighted by Gasteiger charge is 2.46. The lowest BCUT2D eigenvalue weighted by atomic mass is 9.98. The van der Waals surface area contributed by atoms with Gasteiger partial charge in [-0.15, -0.1) is 21.5 Å². The number of unbranched alkanes of at least 4 members (excludes halogenated alkanes) is 5. The Kier molecular flexibility index (Phi) is 13.6. The molecule has 324 valence electrons. The number of hydrogen-bond donors (Lipinski definition) is 3. The number of carbonyl (C=O) groups is 7. The fourth-order valence-electron chi connectivity index (χ4n) is 7.78. The number of esters is 1. The zero-order valence-corrected chi connectivity index (χ0v) is 36.0. The molecule has 0 radical (unpaired) electrons. The molecule has 62 heavy (non-hydrogen) atoms. The van der Waals surface area contributed by atoms with Crippen molar-refractivity contribution < 1.29 is 43.0 Å². The van der Waals surface area contributed by atoms with Crippen molar-refractivity contribution in [2.45, 2.75) is 83.7 Å². The van der Waals surface area contributed by atoms with Crippen LogP contribution < -0.4 is 20.7 Å². The van der Waals surface area contributed by atoms with Crippen LogP contribution in [0, 0.1) is 13.8 Å². The number of imide groups is 2. The van der Waals surface area contributed by atoms with Crippen molar-refractivity contribution in [1.29, 1.82) is 0 Å². The second-order valence-corrected chi connectivity index (χ2v) is 16.7. The first-order valence-electron chi connectivity index (χ1n) is 20.4. The number of methoxy groups -OCH3 is 1. The van der Waals surface area contributed by atoms with Crippen molar-refractivity contribution in [2.24, 2.45) is 4.99 Å². The third kappa shape index (κ3) is 9.16. The predicted octanol–water partition coefficient (Wildman–Crippen LogP) is 4.72. The number of halogens is 1. The molecule has 3 N–H and O–H groups in total. The third-order valence-corrected chi connectivity index (χ3v) is 12.2. The molecule has 0 aliphatic carbocycles. The number of nitrogens with one attached hydrogen (secondary N) is 3. The summed E-state index contributed by atoms with van der Waals surface area (Å²) in [6.45, 7) is 4.24. The number of aryl methyl sites for hydroxylation is 2. The van der Waals surface area contributed by atoms with E-state index in [-0.39, 0.29) is 54.6 Å². The number of amides is 6. The standard InChI is InChI=1S/C43H45ClN8O9S/c1-23-34(36-37(25-13-15-26(44)16-14-25)47-28(21-33(55)60-3)38-50-49-24(2)51(38)43(36)62-23)40(57)46-20-9-7-5-4-6-8-19-45-32(54)22-61-30-12-10-11-27-35(30)42(59)52(41(27)58)29-17-18-31(53)48-39(29)56/h10-16,28-29H,4-9,17-22H2,1-3H3,(H,45,54)(H,46,57)(H,48,53,56)/t28-,29?/m0/s1. The van der Waals surface area contributed by atoms with Crippen LogP contribution in [0.15, 0.2) is 47.5 Å². The third-order valence-electron chi connectivity index (χ3n) is 10.9. The van der Waals surface area contributed by atoms with Gasteiger partial charge >= 0.3 is 5.97 Å². The van der Waals surface area contributed by atoms with Crippen molar-refractivity contribution >= 4 is 70.1 Å². The van der Waals surface area contributed by atoms with E-state index in [0.29, 0.717) is 46.6 Å². The minimum Gasteiger partial charge on any atom is -0.483 e. The summed E-state index contributed by atoms with van der Waals surface area (Å²) in [6.07, 6.45) is 5.12. The van der Waals surface area contributed by atoms with Crippen molar-refractivity contribution in [3.63, 3.8) is 0 Å². The number of hydrogen-bond acceptors (Lipinski definition) is 13. The Morgan fingerprint density at radius 3 is 2.32 bits per heavy atom. The SMILES string of the molecule is COC(=O)C[C@@H]1N=C(c2ccc(Cl)cc2)c2c(sc(C)c2C(=O)NCCCCCCCCNC(=O)COc2cccc3c2C(=O)N(C2CCC(=O)NC2=O)C3=O)-n2c(C)nnc21. The van der Waals surface area contributed by atoms with E-state index in [1.807, 2.05) is 30.5 Å². The highest BCUT2D eigenvalue weighted by molar-refractivity contribution is 7.15. The Balaban J connectivity index is 0.863. The monoisotopic (exact) mass is 884 g/mol. The lowest BCUT2D eigenvalue weighted by molar-refractivity contribution is -0.141. The summed E-state index contributed by atoms with van der Waals surface area (Å²) in [6, 6.07) is 9.85. The van der Waals surface area contributed by atoms with E-state index >= 15 is 0 Å². The maximum Gasteiger partial charge on any atom is 0.308 e. The maximum absolute atomic E-state index is 14.0. The zero-order valence-electron chi connectivity index (χ0n) is 34.4. The molecule has 19 heteroatoms. The van der Waals surface area contributed by atoms with Gasteiger partial charge in [-0.1, -0.05) is 55.5 Å². The molecule has 3 aliphatic rings. The molecule has 2 aromatic heterocycles. The molecule has 0 saturated carbocycles. The van der Waals surface area contributed by atoms with E-state index in [4.69, 9.17) is 26.1 Å². The molecule has 1 unspecified atom stereocenters. The van der Waals surface area contributed by atoms with Crippen LogP contribution in [-0.2, 0) is 23.9 Å². The molecule has 17 nitrogen and oxygen atoms in total. The number of aromatic nitrogens is 3. The number of piperidine rings is 1. The second-order valence-electron chi connectivity index (χ2n) is 15.1. The summed E-state index contributed by atoms with van der Waals surface area (Å²) in [5, 5.41) is 18.1. The van der Waals surface area contributed by atoms with E-state index in [1.54, 1.807) is 12.1 Å². The molecular formula is C43H45ClN8O9S. The van der Waals surface area contributed by atoms with Gasteiger partial charge in [0.1, 0.15) is 28.7 Å². The summed E-state index contributed by atoms with van der Waals surface area (Å²) in [7, 11) is 1.32. The van der Waals surface area contributed by atoms with Crippen LogP contribution in [0.3, 0.4) is 0 Å². The largest absolute Gasteiger partial charge is 0.483 e. The fourth-order valence-corrected chi connectivity index (χ4v) is 9.11. The smallest absolute Gasteiger partial charge is 0.308 e. The summed E-state index contributed by atoms with van der Waals surface area (Å²) in [5.74, 6) is -2.47. The summed E-state index contributed by atoms with van der Waals surface area (Å²) >= 11 is 7.68. The van der Waals surface area contributed by atoms with Crippen LogP contribution in [-0.4, -0.2) is 99.6 Å². The fraction of sp³-hybridized carbons (Fsp3) is 0.395. The van der Waals surface area contributed by atoms with Crippen molar-refractivity contribution in [3.05, 3.63) is 91.8 Å². The van der Waals surface area contributed by atoms with Gasteiger partial charge in [-0.3, -0.25) is 53.3 Å². The maximum atomic E-state index is 14.0. The lowest BCUT2D eigenvalue weighted by Gasteiger charge is -2.27. The molecule has 7 rings (SSSR count). The van der Waals surface area contributed by atoms with Gasteiger partial charge in [-0.25, -0.2) is 0 Å². The van der Waals surface area contributed by atoms with Crippen LogP contribution in [0.25, 0.3) is 5.00 Å². The Bertz CT molecular complexity index is 2480. The van der Waals surface area contributed by atoms with Crippen molar-refractivity contribution in [3.8, 4) is 10.8 Å². The number of fused-ring (bicyclic) bond motifs is 4. The van der Waals surface area contributed by atoms with Gasteiger partial charge < -0.3 is 20.1 Å². The van der Waals surface area contributed by atoms with Gasteiger partial charge in [0.25, 0.3) is 23.6 Å². The first-order chi connectivity index (χ1) is 29.9. The van der Waals surface area contributed by atoms with Crippen LogP contribution in [0.2, 0.25) is 5.02 Å². The van der Waals surface area contributed by atoms with E-state index in [1.165, 1.54) is 36.6 Å². The molecule has 1 saturated heterocycles. The number of aliphatic imine (C=N–C) groups is 1. The summed E-state index contributed by atoms with van der Waals surface area (Å²) < 4.78 is 12.5. The topological polar surface area (TPSA) is 220 Å². The van der Waals surface area contributed by atoms with Gasteiger partial charge in [0.15, 0.2) is 12.4 Å². The lowest BCUT2D eigenvalue weighted by Crippen LogP contribution is -2.54. The number of carbonyl (C=O) groups excluding carboxylic acids is 7. The average Bonchev–Trinajstić information content (AvgIpc) is 3.86. The van der Waals surface area contributed by atoms with Gasteiger partial charge in [-0.05, 0) is 57.4 Å². The molecule has 3 aliphatic heterocycles. The molecular weight excluding hydrogens is 840 g/mol. The zero-order chi connectivity index (χ0) is 44.1. The van der Waals surface area contributed by atoms with Crippen molar-refractivity contribution in [2.75, 3.05) is 26.8 Å². The van der Waals surface area contributed by atoms with Gasteiger partial charge in [-0.2, -0.15) is 0 Å². The minimum absolute atomic E-state index is 0.00734. The number of thiophene rings is 1. The van der Waals surface area contributed by atoms with E-state index in [2.05, 4.69) is 26.1 Å². The quantitative estimate of drug-likeness (QED) is 0.0748. The van der Waals surface area contributed by atoms with Gasteiger partial charge in [0, 0.05) is 40.5 Å². The molecule has 6 amide bonds. The Labute approximate surface area is 365 Å². The van der Waals surface area contributed by atoms with Crippen LogP contribution >= 0.6 is 22.9 Å². The first-order valence-corrected chi connectivity index (χ1v) is 21.6. The molecule has 2 atom stereocenters. The van der Waals surface area contributed by atoms with Crippen LogP contribution in [0.1, 0.15) is 123 Å². The van der Waals surface area contributed by atoms with Gasteiger partial charge in [0.05, 0.1) is 35.9 Å². The summed E-state index contributed by atoms with van der Waals surface area (Å²) in [5.41, 5.74) is 2.46. The van der Waals surface area contributed by atoms with E-state index < -0.39 is 41.7 Å². The number of nitrogens with zero attached hydrogens (tertiary/aromatic N) is 5. The molecule has 5 heterocycles. The number of rotatable bonds is 17. The average molecular weight is 885 g/mol. The highest BCUT2D eigenvalue weighted by atomic mass is 35.5. The molecule has 1 fully saturated rings.